The van der Waals surface area contributed by atoms with Gasteiger partial charge in [0.25, 0.3) is 5.69 Å². The molecule has 1 aromatic carbocycles. The zero-order chi connectivity index (χ0) is 13.1. The second kappa shape index (κ2) is 5.27. The van der Waals surface area contributed by atoms with Gasteiger partial charge in [0, 0.05) is 37.2 Å². The fraction of sp³-hybridized carbons (Fsp3) is 0.462. The molecule has 5 nitrogen and oxygen atoms in total. The summed E-state index contributed by atoms with van der Waals surface area (Å²) < 4.78 is 0. The van der Waals surface area contributed by atoms with E-state index in [4.69, 9.17) is 0 Å². The Morgan fingerprint density at radius 3 is 2.72 bits per heavy atom. The van der Waals surface area contributed by atoms with Gasteiger partial charge in [-0.05, 0) is 25.2 Å². The largest absolute Gasteiger partial charge is 0.308 e. The van der Waals surface area contributed by atoms with Crippen LogP contribution in [0.5, 0.6) is 0 Å². The van der Waals surface area contributed by atoms with Crippen LogP contribution >= 0.6 is 0 Å². The van der Waals surface area contributed by atoms with Gasteiger partial charge in [0.15, 0.2) is 0 Å². The fourth-order valence-electron chi connectivity index (χ4n) is 2.09. The minimum Gasteiger partial charge on any atom is -0.308 e. The van der Waals surface area contributed by atoms with Crippen molar-refractivity contribution < 1.29 is 4.92 Å². The molecule has 0 saturated heterocycles. The van der Waals surface area contributed by atoms with E-state index >= 15 is 0 Å². The van der Waals surface area contributed by atoms with Crippen molar-refractivity contribution in [1.29, 1.82) is 0 Å². The molecule has 0 unspecified atom stereocenters. The molecule has 18 heavy (non-hydrogen) atoms. The van der Waals surface area contributed by atoms with Crippen molar-refractivity contribution in [1.82, 2.24) is 4.90 Å². The van der Waals surface area contributed by atoms with E-state index in [0.29, 0.717) is 0 Å². The van der Waals surface area contributed by atoms with Gasteiger partial charge in [0.05, 0.1) is 11.5 Å². The van der Waals surface area contributed by atoms with Gasteiger partial charge in [-0.15, -0.1) is 0 Å². The number of fused-ring (bicyclic) bond motifs is 1. The second-order valence-electron chi connectivity index (χ2n) is 4.81. The molecule has 0 heterocycles. The van der Waals surface area contributed by atoms with E-state index in [2.05, 4.69) is 9.89 Å². The zero-order valence-corrected chi connectivity index (χ0v) is 10.7. The van der Waals surface area contributed by atoms with Crippen molar-refractivity contribution in [3.63, 3.8) is 0 Å². The summed E-state index contributed by atoms with van der Waals surface area (Å²) >= 11 is 0. The summed E-state index contributed by atoms with van der Waals surface area (Å²) in [5.41, 5.74) is 3.52. The number of hydrogen-bond donors (Lipinski definition) is 0. The van der Waals surface area contributed by atoms with E-state index in [1.165, 1.54) is 5.56 Å². The van der Waals surface area contributed by atoms with Crippen LogP contribution in [0.15, 0.2) is 23.2 Å². The van der Waals surface area contributed by atoms with Crippen LogP contribution in [0.1, 0.15) is 11.1 Å². The molecule has 0 spiro atoms. The Kier molecular flexibility index (Phi) is 3.72. The Bertz CT molecular complexity index is 495. The molecule has 1 aromatic rings. The Morgan fingerprint density at radius 1 is 1.33 bits per heavy atom. The van der Waals surface area contributed by atoms with Gasteiger partial charge in [-0.1, -0.05) is 6.07 Å². The predicted molar refractivity (Wildman–Crippen MR) is 71.4 cm³/mol. The maximum absolute atomic E-state index is 10.7. The van der Waals surface area contributed by atoms with E-state index in [-0.39, 0.29) is 10.6 Å². The molecule has 0 radical (unpaired) electrons. The highest BCUT2D eigenvalue weighted by Gasteiger charge is 2.19. The summed E-state index contributed by atoms with van der Waals surface area (Å²) in [6.07, 6.45) is 1.59. The molecule has 0 atom stereocenters. The lowest BCUT2D eigenvalue weighted by atomic mass is 10.1. The summed E-state index contributed by atoms with van der Waals surface area (Å²) in [4.78, 5) is 17.0. The van der Waals surface area contributed by atoms with Gasteiger partial charge in [-0.25, -0.2) is 0 Å². The highest BCUT2D eigenvalue weighted by molar-refractivity contribution is 5.93. The summed E-state index contributed by atoms with van der Waals surface area (Å²) in [6.45, 7) is 1.72. The number of hydrogen-bond acceptors (Lipinski definition) is 4. The maximum Gasteiger partial charge on any atom is 0.269 e. The lowest BCUT2D eigenvalue weighted by Gasteiger charge is -2.06. The van der Waals surface area contributed by atoms with Crippen molar-refractivity contribution in [3.05, 3.63) is 39.4 Å². The van der Waals surface area contributed by atoms with Crippen LogP contribution in [0.4, 0.5) is 5.69 Å². The van der Waals surface area contributed by atoms with E-state index in [1.54, 1.807) is 12.1 Å². The predicted octanol–water partition coefficient (Wildman–Crippen LogP) is 1.70. The van der Waals surface area contributed by atoms with Crippen molar-refractivity contribution in [2.45, 2.75) is 12.8 Å². The second-order valence-corrected chi connectivity index (χ2v) is 4.81. The van der Waals surface area contributed by atoms with Gasteiger partial charge in [0.1, 0.15) is 0 Å². The number of non-ortho nitro benzene ring substituents is 1. The van der Waals surface area contributed by atoms with Crippen LogP contribution < -0.4 is 0 Å². The third kappa shape index (κ3) is 2.92. The van der Waals surface area contributed by atoms with E-state index < -0.39 is 0 Å². The first-order valence-corrected chi connectivity index (χ1v) is 5.99. The number of likely N-dealkylation sites (N-methyl/N-ethyl adjacent to an activating group) is 1. The smallest absolute Gasteiger partial charge is 0.269 e. The fourth-order valence-corrected chi connectivity index (χ4v) is 2.09. The van der Waals surface area contributed by atoms with Gasteiger partial charge in [-0.3, -0.25) is 15.1 Å². The molecule has 0 bridgehead atoms. The SMILES string of the molecule is CN(C)CCN=C1Cc2ccc([N+](=O)[O-])cc2C1. The first-order chi connectivity index (χ1) is 8.56. The lowest BCUT2D eigenvalue weighted by molar-refractivity contribution is -0.384. The topological polar surface area (TPSA) is 58.7 Å². The van der Waals surface area contributed by atoms with E-state index in [1.807, 2.05) is 20.2 Å². The van der Waals surface area contributed by atoms with Crippen LogP contribution in [-0.2, 0) is 12.8 Å². The minimum atomic E-state index is -0.346. The summed E-state index contributed by atoms with van der Waals surface area (Å²) in [6, 6.07) is 5.09. The van der Waals surface area contributed by atoms with Crippen LogP contribution in [-0.4, -0.2) is 42.7 Å². The van der Waals surface area contributed by atoms with Gasteiger partial charge < -0.3 is 4.90 Å². The number of rotatable bonds is 4. The maximum atomic E-state index is 10.7. The van der Waals surface area contributed by atoms with Crippen molar-refractivity contribution in [2.24, 2.45) is 4.99 Å². The summed E-state index contributed by atoms with van der Waals surface area (Å²) in [5.74, 6) is 0. The van der Waals surface area contributed by atoms with E-state index in [0.717, 1.165) is 37.2 Å². The van der Waals surface area contributed by atoms with Crippen molar-refractivity contribution in [3.8, 4) is 0 Å². The molecular formula is C13H17N3O2. The molecule has 0 aromatic heterocycles. The lowest BCUT2D eigenvalue weighted by Crippen LogP contribution is -2.16. The van der Waals surface area contributed by atoms with Gasteiger partial charge in [-0.2, -0.15) is 0 Å². The van der Waals surface area contributed by atoms with Crippen LogP contribution in [0.2, 0.25) is 0 Å². The van der Waals surface area contributed by atoms with Crippen molar-refractivity contribution in [2.75, 3.05) is 27.2 Å². The molecule has 0 saturated carbocycles. The molecule has 0 aliphatic heterocycles. The molecule has 96 valence electrons. The molecule has 1 aliphatic rings. The van der Waals surface area contributed by atoms with Gasteiger partial charge >= 0.3 is 0 Å². The van der Waals surface area contributed by atoms with Gasteiger partial charge in [0.2, 0.25) is 0 Å². The molecular weight excluding hydrogens is 230 g/mol. The standard InChI is InChI=1S/C13H17N3O2/c1-15(2)6-5-14-12-7-10-3-4-13(16(17)18)9-11(10)8-12/h3-4,9H,5-8H2,1-2H3. The van der Waals surface area contributed by atoms with Crippen LogP contribution in [0.3, 0.4) is 0 Å². The first-order valence-electron chi connectivity index (χ1n) is 5.99. The third-order valence-electron chi connectivity index (χ3n) is 3.07. The third-order valence-corrected chi connectivity index (χ3v) is 3.07. The number of benzene rings is 1. The average Bonchev–Trinajstić information content (AvgIpc) is 2.69. The molecule has 0 amide bonds. The minimum absolute atomic E-state index is 0.170. The Hall–Kier alpha value is -1.75. The zero-order valence-electron chi connectivity index (χ0n) is 10.7. The number of nitro groups is 1. The average molecular weight is 247 g/mol. The van der Waals surface area contributed by atoms with Crippen LogP contribution in [0.25, 0.3) is 0 Å². The Morgan fingerprint density at radius 2 is 2.06 bits per heavy atom. The normalized spacial score (nSPS) is 16.3. The van der Waals surface area contributed by atoms with Crippen LogP contribution in [0, 0.1) is 10.1 Å². The first kappa shape index (κ1) is 12.7. The summed E-state index contributed by atoms with van der Waals surface area (Å²) in [7, 11) is 4.04. The number of nitro benzene ring substituents is 1. The highest BCUT2D eigenvalue weighted by Crippen LogP contribution is 2.24. The van der Waals surface area contributed by atoms with E-state index in [9.17, 15) is 10.1 Å². The Labute approximate surface area is 106 Å². The number of aliphatic imine (C=N–C) groups is 1. The quantitative estimate of drug-likeness (QED) is 0.601. The monoisotopic (exact) mass is 247 g/mol. The highest BCUT2D eigenvalue weighted by atomic mass is 16.6. The molecule has 0 fully saturated rings. The summed E-state index contributed by atoms with van der Waals surface area (Å²) in [5, 5.41) is 10.7. The Balaban J connectivity index is 2.06. The molecule has 5 heteroatoms. The molecule has 1 aliphatic carbocycles. The van der Waals surface area contributed by atoms with Crippen molar-refractivity contribution >= 4 is 11.4 Å². The molecule has 2 rings (SSSR count). The molecule has 0 N–H and O–H groups in total. The number of nitrogens with zero attached hydrogens (tertiary/aromatic N) is 3.